The number of hydrogen-bond acceptors (Lipinski definition) is 5. The third-order valence-electron chi connectivity index (χ3n) is 2.13. The van der Waals surface area contributed by atoms with Crippen molar-refractivity contribution in [1.29, 1.82) is 0 Å². The van der Waals surface area contributed by atoms with E-state index < -0.39 is 12.2 Å². The van der Waals surface area contributed by atoms with E-state index >= 15 is 0 Å². The average Bonchev–Trinajstić information content (AvgIpc) is 2.28. The summed E-state index contributed by atoms with van der Waals surface area (Å²) in [7, 11) is 1.37. The minimum atomic E-state index is -0.662. The summed E-state index contributed by atoms with van der Waals surface area (Å²) in [6, 6.07) is 0. The van der Waals surface area contributed by atoms with Crippen LogP contribution >= 0.6 is 0 Å². The zero-order valence-electron chi connectivity index (χ0n) is 9.19. The fourth-order valence-electron chi connectivity index (χ4n) is 1.43. The summed E-state index contributed by atoms with van der Waals surface area (Å²) in [4.78, 5) is 11.5. The molecule has 0 saturated carbocycles. The Bertz CT molecular complexity index is 444. The number of methoxy groups -OCH3 is 1. The van der Waals surface area contributed by atoms with Crippen LogP contribution in [0.1, 0.15) is 23.8 Å². The zero-order valence-corrected chi connectivity index (χ0v) is 9.19. The molecule has 0 aliphatic rings. The Morgan fingerprint density at radius 2 is 1.94 bits per heavy atom. The SMILES string of the molecule is C/C=C/c1oc(=O)c(CO)c(OC)c1CO. The number of allylic oxidation sites excluding steroid dienone is 1. The highest BCUT2D eigenvalue weighted by molar-refractivity contribution is 5.53. The molecule has 0 bridgehead atoms. The smallest absolute Gasteiger partial charge is 0.345 e. The monoisotopic (exact) mass is 226 g/mol. The molecule has 2 N–H and O–H groups in total. The van der Waals surface area contributed by atoms with E-state index in [-0.39, 0.29) is 23.7 Å². The second-order valence-electron chi connectivity index (χ2n) is 3.06. The van der Waals surface area contributed by atoms with Crippen molar-refractivity contribution >= 4 is 6.08 Å². The van der Waals surface area contributed by atoms with Gasteiger partial charge in [-0.1, -0.05) is 6.08 Å². The van der Waals surface area contributed by atoms with Crippen molar-refractivity contribution in [3.63, 3.8) is 0 Å². The molecular formula is C11H14O5. The van der Waals surface area contributed by atoms with Gasteiger partial charge in [-0.3, -0.25) is 0 Å². The lowest BCUT2D eigenvalue weighted by Gasteiger charge is -2.11. The van der Waals surface area contributed by atoms with Gasteiger partial charge in [-0.2, -0.15) is 0 Å². The van der Waals surface area contributed by atoms with Gasteiger partial charge in [0.05, 0.1) is 25.9 Å². The Balaban J connectivity index is 3.56. The number of rotatable bonds is 4. The lowest BCUT2D eigenvalue weighted by Crippen LogP contribution is -2.13. The standard InChI is InChI=1S/C11H14O5/c1-3-4-9-7(5-12)10(15-2)8(6-13)11(14)16-9/h3-4,12-13H,5-6H2,1-2H3/b4-3+. The van der Waals surface area contributed by atoms with Crippen LogP contribution in [-0.4, -0.2) is 17.3 Å². The first-order valence-electron chi connectivity index (χ1n) is 4.76. The van der Waals surface area contributed by atoms with Gasteiger partial charge in [0.15, 0.2) is 0 Å². The minimum Gasteiger partial charge on any atom is -0.496 e. The Labute approximate surface area is 92.6 Å². The molecule has 0 atom stereocenters. The van der Waals surface area contributed by atoms with E-state index in [1.165, 1.54) is 7.11 Å². The molecule has 0 spiro atoms. The van der Waals surface area contributed by atoms with Gasteiger partial charge in [0.2, 0.25) is 0 Å². The molecule has 0 aliphatic heterocycles. The number of ether oxygens (including phenoxy) is 1. The molecular weight excluding hydrogens is 212 g/mol. The van der Waals surface area contributed by atoms with Crippen LogP contribution in [-0.2, 0) is 13.2 Å². The highest BCUT2D eigenvalue weighted by Crippen LogP contribution is 2.25. The van der Waals surface area contributed by atoms with Gasteiger partial charge in [-0.15, -0.1) is 0 Å². The van der Waals surface area contributed by atoms with Crippen molar-refractivity contribution in [3.05, 3.63) is 33.4 Å². The fourth-order valence-corrected chi connectivity index (χ4v) is 1.43. The molecule has 1 heterocycles. The van der Waals surface area contributed by atoms with Crippen LogP contribution in [0.25, 0.3) is 6.08 Å². The lowest BCUT2D eigenvalue weighted by atomic mass is 10.1. The highest BCUT2D eigenvalue weighted by Gasteiger charge is 2.17. The van der Waals surface area contributed by atoms with E-state index in [4.69, 9.17) is 14.3 Å². The zero-order chi connectivity index (χ0) is 12.1. The predicted molar refractivity (Wildman–Crippen MR) is 58.1 cm³/mol. The van der Waals surface area contributed by atoms with Crippen molar-refractivity contribution in [3.8, 4) is 5.75 Å². The van der Waals surface area contributed by atoms with Gasteiger partial charge >= 0.3 is 5.63 Å². The molecule has 0 aliphatic carbocycles. The summed E-state index contributed by atoms with van der Waals surface area (Å²) in [5.41, 5.74) is -0.297. The second-order valence-corrected chi connectivity index (χ2v) is 3.06. The topological polar surface area (TPSA) is 79.9 Å². The maximum Gasteiger partial charge on any atom is 0.345 e. The van der Waals surface area contributed by atoms with Crippen LogP contribution in [0.4, 0.5) is 0 Å². The third kappa shape index (κ3) is 2.15. The van der Waals surface area contributed by atoms with E-state index in [0.29, 0.717) is 5.56 Å². The van der Waals surface area contributed by atoms with Crippen LogP contribution < -0.4 is 10.4 Å². The molecule has 0 saturated heterocycles. The van der Waals surface area contributed by atoms with Crippen molar-refractivity contribution in [2.24, 2.45) is 0 Å². The van der Waals surface area contributed by atoms with Gasteiger partial charge in [0, 0.05) is 0 Å². The molecule has 1 aromatic heterocycles. The number of aliphatic hydroxyl groups excluding tert-OH is 2. The Hall–Kier alpha value is -1.59. The molecule has 88 valence electrons. The van der Waals surface area contributed by atoms with E-state index in [9.17, 15) is 9.90 Å². The number of hydrogen-bond donors (Lipinski definition) is 2. The van der Waals surface area contributed by atoms with Crippen molar-refractivity contribution < 1.29 is 19.4 Å². The first-order valence-corrected chi connectivity index (χ1v) is 4.76. The summed E-state index contributed by atoms with van der Waals surface area (Å²) >= 11 is 0. The molecule has 5 nitrogen and oxygen atoms in total. The van der Waals surface area contributed by atoms with Crippen molar-refractivity contribution in [2.45, 2.75) is 20.1 Å². The predicted octanol–water partition coefficient (Wildman–Crippen LogP) is 0.666. The van der Waals surface area contributed by atoms with Gasteiger partial charge < -0.3 is 19.4 Å². The first-order chi connectivity index (χ1) is 7.69. The molecule has 1 rings (SSSR count). The Morgan fingerprint density at radius 1 is 1.31 bits per heavy atom. The van der Waals surface area contributed by atoms with E-state index in [1.54, 1.807) is 19.1 Å². The van der Waals surface area contributed by atoms with Gasteiger partial charge in [-0.05, 0) is 13.0 Å². The maximum atomic E-state index is 11.5. The molecule has 0 fully saturated rings. The van der Waals surface area contributed by atoms with Crippen LogP contribution in [0.15, 0.2) is 15.3 Å². The first kappa shape index (κ1) is 12.5. The van der Waals surface area contributed by atoms with Crippen LogP contribution in [0.3, 0.4) is 0 Å². The lowest BCUT2D eigenvalue weighted by molar-refractivity contribution is 0.248. The van der Waals surface area contributed by atoms with Crippen LogP contribution in [0, 0.1) is 0 Å². The van der Waals surface area contributed by atoms with Gasteiger partial charge in [0.1, 0.15) is 17.1 Å². The molecule has 0 aromatic carbocycles. The average molecular weight is 226 g/mol. The van der Waals surface area contributed by atoms with Crippen LogP contribution in [0.2, 0.25) is 0 Å². The Morgan fingerprint density at radius 3 is 2.38 bits per heavy atom. The third-order valence-corrected chi connectivity index (χ3v) is 2.13. The largest absolute Gasteiger partial charge is 0.496 e. The van der Waals surface area contributed by atoms with E-state index in [0.717, 1.165) is 0 Å². The summed E-state index contributed by atoms with van der Waals surface area (Å²) in [5.74, 6) is 0.415. The Kier molecular flexibility index (Phi) is 4.28. The molecule has 0 radical (unpaired) electrons. The summed E-state index contributed by atoms with van der Waals surface area (Å²) < 4.78 is 9.97. The maximum absolute atomic E-state index is 11.5. The van der Waals surface area contributed by atoms with Crippen LogP contribution in [0.5, 0.6) is 5.75 Å². The summed E-state index contributed by atoms with van der Waals surface area (Å²) in [5, 5.41) is 18.2. The molecule has 5 heteroatoms. The molecule has 0 amide bonds. The fraction of sp³-hybridized carbons (Fsp3) is 0.364. The van der Waals surface area contributed by atoms with Crippen molar-refractivity contribution in [1.82, 2.24) is 0 Å². The highest BCUT2D eigenvalue weighted by atomic mass is 16.5. The quantitative estimate of drug-likeness (QED) is 0.788. The van der Waals surface area contributed by atoms with E-state index in [2.05, 4.69) is 0 Å². The molecule has 1 aromatic rings. The molecule has 16 heavy (non-hydrogen) atoms. The number of aliphatic hydroxyl groups is 2. The van der Waals surface area contributed by atoms with Crippen molar-refractivity contribution in [2.75, 3.05) is 7.11 Å². The normalized spacial score (nSPS) is 11.0. The van der Waals surface area contributed by atoms with E-state index in [1.807, 2.05) is 0 Å². The minimum absolute atomic E-state index is 0.0137. The summed E-state index contributed by atoms with van der Waals surface area (Å²) in [6.45, 7) is 0.932. The van der Waals surface area contributed by atoms with Gasteiger partial charge in [-0.25, -0.2) is 4.79 Å². The summed E-state index contributed by atoms with van der Waals surface area (Å²) in [6.07, 6.45) is 3.23. The second kappa shape index (κ2) is 5.48. The van der Waals surface area contributed by atoms with Gasteiger partial charge in [0.25, 0.3) is 0 Å². The molecule has 0 unspecified atom stereocenters.